The molecule has 0 bridgehead atoms. The van der Waals surface area contributed by atoms with E-state index in [-0.39, 0.29) is 0 Å². The quantitative estimate of drug-likeness (QED) is 0.623. The molecule has 0 aliphatic carbocycles. The SMILES string of the molecule is CCCCB(CCCC)Nc1ccccc1. The van der Waals surface area contributed by atoms with Crippen LogP contribution in [0.5, 0.6) is 0 Å². The summed E-state index contributed by atoms with van der Waals surface area (Å²) in [5.41, 5.74) is 1.26. The second-order valence-electron chi connectivity index (χ2n) is 4.49. The lowest BCUT2D eigenvalue weighted by atomic mass is 9.54. The minimum Gasteiger partial charge on any atom is -0.428 e. The molecule has 0 fully saturated rings. The Hall–Kier alpha value is -0.915. The lowest BCUT2D eigenvalue weighted by Crippen LogP contribution is -2.24. The van der Waals surface area contributed by atoms with Crippen molar-refractivity contribution in [1.29, 1.82) is 0 Å². The minimum atomic E-state index is 0.655. The Balaban J connectivity index is 2.42. The van der Waals surface area contributed by atoms with Crippen molar-refractivity contribution in [3.8, 4) is 0 Å². The molecule has 0 saturated carbocycles. The fraction of sp³-hybridized carbons (Fsp3) is 0.571. The second kappa shape index (κ2) is 8.26. The van der Waals surface area contributed by atoms with Gasteiger partial charge in [-0.3, -0.25) is 0 Å². The molecule has 0 saturated heterocycles. The predicted octanol–water partition coefficient (Wildman–Crippen LogP) is 4.69. The molecule has 16 heavy (non-hydrogen) atoms. The van der Waals surface area contributed by atoms with Crippen LogP contribution in [0.15, 0.2) is 30.3 Å². The zero-order valence-corrected chi connectivity index (χ0v) is 10.7. The first-order chi connectivity index (χ1) is 7.86. The fourth-order valence-corrected chi connectivity index (χ4v) is 1.96. The van der Waals surface area contributed by atoms with Gasteiger partial charge in [-0.1, -0.05) is 70.4 Å². The molecule has 88 valence electrons. The molecule has 0 aliphatic heterocycles. The molecular weight excluding hydrogens is 193 g/mol. The molecule has 0 atom stereocenters. The van der Waals surface area contributed by atoms with Gasteiger partial charge in [0, 0.05) is 5.69 Å². The van der Waals surface area contributed by atoms with Crippen molar-refractivity contribution in [2.24, 2.45) is 0 Å². The summed E-state index contributed by atoms with van der Waals surface area (Å²) in [7, 11) is 0. The maximum absolute atomic E-state index is 3.65. The number of hydrogen-bond donors (Lipinski definition) is 1. The number of para-hydroxylation sites is 1. The topological polar surface area (TPSA) is 12.0 Å². The van der Waals surface area contributed by atoms with Crippen LogP contribution in [0.2, 0.25) is 12.6 Å². The number of benzene rings is 1. The first-order valence-corrected chi connectivity index (χ1v) is 6.68. The third kappa shape index (κ3) is 5.25. The van der Waals surface area contributed by atoms with Gasteiger partial charge in [-0.2, -0.15) is 0 Å². The maximum Gasteiger partial charge on any atom is 0.251 e. The smallest absolute Gasteiger partial charge is 0.251 e. The second-order valence-corrected chi connectivity index (χ2v) is 4.49. The van der Waals surface area contributed by atoms with Gasteiger partial charge in [-0.25, -0.2) is 0 Å². The highest BCUT2D eigenvalue weighted by Gasteiger charge is 2.12. The normalized spacial score (nSPS) is 10.1. The number of unbranched alkanes of at least 4 members (excludes halogenated alkanes) is 2. The standard InChI is InChI=1S/C14H24BN/c1-3-5-12-15(13-6-4-2)16-14-10-8-7-9-11-14/h7-11,16H,3-6,12-13H2,1-2H3. The number of anilines is 1. The highest BCUT2D eigenvalue weighted by molar-refractivity contribution is 6.62. The van der Waals surface area contributed by atoms with Crippen LogP contribution in [0, 0.1) is 0 Å². The van der Waals surface area contributed by atoms with Gasteiger partial charge >= 0.3 is 0 Å². The Kier molecular flexibility index (Phi) is 6.79. The molecule has 0 unspecified atom stereocenters. The molecule has 1 nitrogen and oxygen atoms in total. The van der Waals surface area contributed by atoms with E-state index in [1.807, 2.05) is 0 Å². The molecule has 0 radical (unpaired) electrons. The van der Waals surface area contributed by atoms with Crippen LogP contribution in [0.1, 0.15) is 39.5 Å². The van der Waals surface area contributed by atoms with Gasteiger partial charge in [0.2, 0.25) is 0 Å². The molecular formula is C14H24BN. The van der Waals surface area contributed by atoms with Crippen molar-refractivity contribution >= 4 is 12.5 Å². The van der Waals surface area contributed by atoms with Crippen molar-refractivity contribution < 1.29 is 0 Å². The largest absolute Gasteiger partial charge is 0.428 e. The van der Waals surface area contributed by atoms with Crippen molar-refractivity contribution in [3.05, 3.63) is 30.3 Å². The van der Waals surface area contributed by atoms with E-state index in [0.717, 1.165) is 0 Å². The third-order valence-corrected chi connectivity index (χ3v) is 2.96. The summed E-state index contributed by atoms with van der Waals surface area (Å²) in [6, 6.07) is 10.6. The molecule has 1 aromatic carbocycles. The van der Waals surface area contributed by atoms with Gasteiger partial charge in [-0.15, -0.1) is 0 Å². The van der Waals surface area contributed by atoms with Gasteiger partial charge in [-0.05, 0) is 12.1 Å². The van der Waals surface area contributed by atoms with E-state index in [9.17, 15) is 0 Å². The van der Waals surface area contributed by atoms with E-state index >= 15 is 0 Å². The van der Waals surface area contributed by atoms with Crippen LogP contribution in [0.3, 0.4) is 0 Å². The van der Waals surface area contributed by atoms with Gasteiger partial charge in [0.25, 0.3) is 6.85 Å². The summed E-state index contributed by atoms with van der Waals surface area (Å²) >= 11 is 0. The van der Waals surface area contributed by atoms with Crippen LogP contribution in [-0.4, -0.2) is 6.85 Å². The van der Waals surface area contributed by atoms with E-state index in [1.54, 1.807) is 0 Å². The highest BCUT2D eigenvalue weighted by Crippen LogP contribution is 2.14. The fourth-order valence-electron chi connectivity index (χ4n) is 1.96. The summed E-state index contributed by atoms with van der Waals surface area (Å²) < 4.78 is 0. The lowest BCUT2D eigenvalue weighted by Gasteiger charge is -2.15. The van der Waals surface area contributed by atoms with E-state index in [0.29, 0.717) is 6.85 Å². The molecule has 1 rings (SSSR count). The molecule has 0 amide bonds. The Morgan fingerprint density at radius 2 is 1.50 bits per heavy atom. The van der Waals surface area contributed by atoms with Crippen molar-refractivity contribution in [2.75, 3.05) is 5.23 Å². The van der Waals surface area contributed by atoms with Crippen LogP contribution in [0.25, 0.3) is 0 Å². The van der Waals surface area contributed by atoms with Crippen LogP contribution in [-0.2, 0) is 0 Å². The van der Waals surface area contributed by atoms with Crippen LogP contribution in [0.4, 0.5) is 5.69 Å². The molecule has 0 aromatic heterocycles. The van der Waals surface area contributed by atoms with E-state index in [1.165, 1.54) is 44.0 Å². The first kappa shape index (κ1) is 13.2. The molecule has 2 heteroatoms. The zero-order chi connectivity index (χ0) is 11.6. The summed E-state index contributed by atoms with van der Waals surface area (Å²) in [5.74, 6) is 0. The molecule has 1 aromatic rings. The summed E-state index contributed by atoms with van der Waals surface area (Å²) in [6.07, 6.45) is 7.83. The van der Waals surface area contributed by atoms with Gasteiger partial charge in [0.15, 0.2) is 0 Å². The van der Waals surface area contributed by atoms with Crippen molar-refractivity contribution in [1.82, 2.24) is 0 Å². The van der Waals surface area contributed by atoms with Gasteiger partial charge in [0.1, 0.15) is 0 Å². The Bertz CT molecular complexity index is 253. The summed E-state index contributed by atoms with van der Waals surface area (Å²) in [4.78, 5) is 0. The van der Waals surface area contributed by atoms with Crippen molar-refractivity contribution in [3.63, 3.8) is 0 Å². The number of rotatable bonds is 8. The predicted molar refractivity (Wildman–Crippen MR) is 75.2 cm³/mol. The molecule has 0 heterocycles. The van der Waals surface area contributed by atoms with E-state index in [2.05, 4.69) is 49.4 Å². The molecule has 0 spiro atoms. The highest BCUT2D eigenvalue weighted by atomic mass is 14.8. The summed E-state index contributed by atoms with van der Waals surface area (Å²) in [5, 5.41) is 3.65. The monoisotopic (exact) mass is 217 g/mol. The first-order valence-electron chi connectivity index (χ1n) is 6.68. The maximum atomic E-state index is 3.65. The molecule has 0 aliphatic rings. The third-order valence-electron chi connectivity index (χ3n) is 2.96. The Morgan fingerprint density at radius 3 is 2.00 bits per heavy atom. The lowest BCUT2D eigenvalue weighted by molar-refractivity contribution is 0.842. The molecule has 1 N–H and O–H groups in total. The van der Waals surface area contributed by atoms with E-state index < -0.39 is 0 Å². The average Bonchev–Trinajstić information content (AvgIpc) is 2.34. The number of nitrogens with one attached hydrogen (secondary N) is 1. The van der Waals surface area contributed by atoms with Gasteiger partial charge < -0.3 is 5.23 Å². The number of hydrogen-bond acceptors (Lipinski definition) is 1. The van der Waals surface area contributed by atoms with Crippen molar-refractivity contribution in [2.45, 2.75) is 52.2 Å². The Labute approximate surface area is 101 Å². The Morgan fingerprint density at radius 1 is 0.938 bits per heavy atom. The average molecular weight is 217 g/mol. The van der Waals surface area contributed by atoms with Crippen LogP contribution < -0.4 is 5.23 Å². The summed E-state index contributed by atoms with van der Waals surface area (Å²) in [6.45, 7) is 5.18. The van der Waals surface area contributed by atoms with E-state index in [4.69, 9.17) is 0 Å². The van der Waals surface area contributed by atoms with Gasteiger partial charge in [0.05, 0.1) is 0 Å². The minimum absolute atomic E-state index is 0.655. The van der Waals surface area contributed by atoms with Crippen LogP contribution >= 0.6 is 0 Å². The zero-order valence-electron chi connectivity index (χ0n) is 10.7.